The molecule has 0 saturated heterocycles. The summed E-state index contributed by atoms with van der Waals surface area (Å²) < 4.78 is 12.2. The lowest BCUT2D eigenvalue weighted by Crippen LogP contribution is -2.25. The molecule has 10 nitrogen and oxygen atoms in total. The molecular weight excluding hydrogens is 422 g/mol. The summed E-state index contributed by atoms with van der Waals surface area (Å²) in [4.78, 5) is 27.0. The van der Waals surface area contributed by atoms with Crippen LogP contribution in [-0.4, -0.2) is 34.9 Å². The van der Waals surface area contributed by atoms with Crippen LogP contribution in [-0.2, 0) is 4.79 Å². The first-order chi connectivity index (χ1) is 14.9. The number of fused-ring (bicyclic) bond motifs is 1. The van der Waals surface area contributed by atoms with Crippen molar-refractivity contribution in [1.82, 2.24) is 4.68 Å². The maximum Gasteiger partial charge on any atom is 0.433 e. The Hall–Kier alpha value is -3.99. The van der Waals surface area contributed by atoms with Crippen LogP contribution in [0.5, 0.6) is 5.75 Å². The molecule has 4 rings (SSSR count). The van der Waals surface area contributed by atoms with Crippen molar-refractivity contribution >= 4 is 35.0 Å². The fraction of sp³-hybridized carbons (Fsp3) is 0.150. The van der Waals surface area contributed by atoms with Gasteiger partial charge in [0, 0.05) is 10.9 Å². The van der Waals surface area contributed by atoms with Crippen LogP contribution in [0.4, 0.5) is 11.6 Å². The molecule has 3 aromatic rings. The van der Waals surface area contributed by atoms with E-state index in [9.17, 15) is 14.9 Å². The van der Waals surface area contributed by atoms with E-state index in [1.54, 1.807) is 16.8 Å². The molecule has 0 aliphatic carbocycles. The van der Waals surface area contributed by atoms with Crippen molar-refractivity contribution in [1.29, 1.82) is 0 Å². The van der Waals surface area contributed by atoms with E-state index in [2.05, 4.69) is 22.0 Å². The first kappa shape index (κ1) is 20.3. The lowest BCUT2D eigenvalue weighted by molar-refractivity contribution is -0.402. The topological polar surface area (TPSA) is 124 Å². The first-order valence-electron chi connectivity index (χ1n) is 9.12. The van der Waals surface area contributed by atoms with E-state index >= 15 is 0 Å². The number of furan rings is 1. The standard InChI is InChI=1S/C20H17N5O5S/c1-12(2)8-21-20-24(22-9-14-4-6-19(30-14)25(27)28)16(11-31-20)13-3-5-17-15(7-13)23-18(26)10-29-17/h3-7,9,11H,1,8,10H2,2H3,(H,23,26). The van der Waals surface area contributed by atoms with Gasteiger partial charge in [-0.15, -0.1) is 11.3 Å². The molecule has 0 spiro atoms. The Morgan fingerprint density at radius 1 is 1.42 bits per heavy atom. The average Bonchev–Trinajstić information content (AvgIpc) is 3.37. The molecule has 0 fully saturated rings. The summed E-state index contributed by atoms with van der Waals surface area (Å²) in [5.74, 6) is 0.226. The highest BCUT2D eigenvalue weighted by Crippen LogP contribution is 2.32. The SMILES string of the molecule is C=C(C)CN=c1scc(-c2ccc3c(c2)NC(=O)CO3)n1N=Cc1ccc([N+](=O)[O-])o1. The highest BCUT2D eigenvalue weighted by atomic mass is 32.1. The number of nitrogens with one attached hydrogen (secondary N) is 1. The van der Waals surface area contributed by atoms with Gasteiger partial charge in [-0.1, -0.05) is 12.2 Å². The number of anilines is 1. The van der Waals surface area contributed by atoms with E-state index in [4.69, 9.17) is 9.15 Å². The zero-order valence-corrected chi connectivity index (χ0v) is 17.2. The molecule has 0 atom stereocenters. The van der Waals surface area contributed by atoms with Crippen LogP contribution in [0.2, 0.25) is 0 Å². The van der Waals surface area contributed by atoms with Gasteiger partial charge in [-0.2, -0.15) is 5.10 Å². The number of hydrogen-bond acceptors (Lipinski definition) is 8. The van der Waals surface area contributed by atoms with Gasteiger partial charge in [0.05, 0.1) is 30.2 Å². The number of carbonyl (C=O) groups excluding carboxylic acids is 1. The van der Waals surface area contributed by atoms with Gasteiger partial charge in [0.2, 0.25) is 4.80 Å². The van der Waals surface area contributed by atoms with Gasteiger partial charge in [0.15, 0.2) is 12.4 Å². The average molecular weight is 439 g/mol. The molecule has 0 radical (unpaired) electrons. The summed E-state index contributed by atoms with van der Waals surface area (Å²) in [5.41, 5.74) is 2.95. The lowest BCUT2D eigenvalue weighted by Gasteiger charge is -2.18. The molecule has 0 unspecified atom stereocenters. The molecule has 1 N–H and O–H groups in total. The van der Waals surface area contributed by atoms with E-state index in [0.29, 0.717) is 28.5 Å². The highest BCUT2D eigenvalue weighted by molar-refractivity contribution is 7.07. The molecule has 158 valence electrons. The molecule has 1 aromatic carbocycles. The zero-order chi connectivity index (χ0) is 22.0. The molecule has 31 heavy (non-hydrogen) atoms. The minimum atomic E-state index is -0.613. The third-order valence-corrected chi connectivity index (χ3v) is 5.02. The van der Waals surface area contributed by atoms with E-state index < -0.39 is 4.92 Å². The fourth-order valence-corrected chi connectivity index (χ4v) is 3.62. The number of hydrogen-bond donors (Lipinski definition) is 1. The summed E-state index contributed by atoms with van der Waals surface area (Å²) in [6.07, 6.45) is 1.38. The fourth-order valence-electron chi connectivity index (χ4n) is 2.79. The van der Waals surface area contributed by atoms with Crippen LogP contribution >= 0.6 is 11.3 Å². The van der Waals surface area contributed by atoms with Gasteiger partial charge in [0.25, 0.3) is 5.91 Å². The van der Waals surface area contributed by atoms with Gasteiger partial charge in [-0.3, -0.25) is 19.9 Å². The first-order valence-corrected chi connectivity index (χ1v) is 10.00. The molecule has 3 heterocycles. The van der Waals surface area contributed by atoms with Gasteiger partial charge in [-0.05, 0) is 31.2 Å². The molecular formula is C20H17N5O5S. The Labute approximate surface area is 180 Å². The molecule has 2 aromatic heterocycles. The minimum absolute atomic E-state index is 0.0195. The number of aromatic nitrogens is 1. The molecule has 1 aliphatic heterocycles. The van der Waals surface area contributed by atoms with Gasteiger partial charge >= 0.3 is 5.88 Å². The van der Waals surface area contributed by atoms with Gasteiger partial charge in [0.1, 0.15) is 10.7 Å². The third kappa shape index (κ3) is 4.46. The van der Waals surface area contributed by atoms with Crippen molar-refractivity contribution in [3.05, 3.63) is 68.5 Å². The predicted molar refractivity (Wildman–Crippen MR) is 115 cm³/mol. The number of nitrogens with zero attached hydrogens (tertiary/aromatic N) is 4. The number of amides is 1. The smallest absolute Gasteiger partial charge is 0.433 e. The second kappa shape index (κ2) is 8.40. The lowest BCUT2D eigenvalue weighted by atomic mass is 10.1. The largest absolute Gasteiger partial charge is 0.482 e. The van der Waals surface area contributed by atoms with Crippen molar-refractivity contribution in [3.8, 4) is 17.0 Å². The van der Waals surface area contributed by atoms with E-state index in [0.717, 1.165) is 11.1 Å². The van der Waals surface area contributed by atoms with Crippen LogP contribution in [0.1, 0.15) is 12.7 Å². The Bertz CT molecular complexity index is 1280. The number of rotatable bonds is 6. The van der Waals surface area contributed by atoms with Crippen LogP contribution in [0, 0.1) is 10.1 Å². The second-order valence-electron chi connectivity index (χ2n) is 6.71. The summed E-state index contributed by atoms with van der Waals surface area (Å²) in [6, 6.07) is 8.14. The second-order valence-corrected chi connectivity index (χ2v) is 7.55. The van der Waals surface area contributed by atoms with Crippen molar-refractivity contribution < 1.29 is 18.9 Å². The maximum atomic E-state index is 11.7. The summed E-state index contributed by atoms with van der Waals surface area (Å²) in [5, 5.41) is 19.9. The number of benzene rings is 1. The van der Waals surface area contributed by atoms with Crippen molar-refractivity contribution in [3.63, 3.8) is 0 Å². The van der Waals surface area contributed by atoms with Crippen LogP contribution in [0.25, 0.3) is 11.3 Å². The summed E-state index contributed by atoms with van der Waals surface area (Å²) >= 11 is 1.38. The molecule has 11 heteroatoms. The molecule has 0 bridgehead atoms. The molecule has 1 aliphatic rings. The number of ether oxygens (including phenoxy) is 1. The summed E-state index contributed by atoms with van der Waals surface area (Å²) in [6.45, 7) is 6.14. The number of thiazole rings is 1. The van der Waals surface area contributed by atoms with Gasteiger partial charge in [-0.25, -0.2) is 4.68 Å². The van der Waals surface area contributed by atoms with Crippen molar-refractivity contribution in [2.24, 2.45) is 10.1 Å². The molecule has 1 amide bonds. The Morgan fingerprint density at radius 2 is 2.26 bits per heavy atom. The van der Waals surface area contributed by atoms with E-state index in [-0.39, 0.29) is 24.2 Å². The minimum Gasteiger partial charge on any atom is -0.482 e. The zero-order valence-electron chi connectivity index (χ0n) is 16.4. The highest BCUT2D eigenvalue weighted by Gasteiger charge is 2.18. The van der Waals surface area contributed by atoms with E-state index in [1.807, 2.05) is 18.4 Å². The Balaban J connectivity index is 1.76. The van der Waals surface area contributed by atoms with Crippen LogP contribution < -0.4 is 14.9 Å². The Morgan fingerprint density at radius 3 is 3.00 bits per heavy atom. The van der Waals surface area contributed by atoms with E-state index in [1.165, 1.54) is 29.7 Å². The number of carbonyl (C=O) groups is 1. The normalized spacial score (nSPS) is 13.7. The quantitative estimate of drug-likeness (QED) is 0.273. The van der Waals surface area contributed by atoms with Crippen molar-refractivity contribution in [2.75, 3.05) is 18.5 Å². The number of nitro groups is 1. The van der Waals surface area contributed by atoms with Crippen molar-refractivity contribution in [2.45, 2.75) is 6.92 Å². The Kier molecular flexibility index (Phi) is 5.50. The van der Waals surface area contributed by atoms with Crippen LogP contribution in [0.15, 0.2) is 62.4 Å². The summed E-state index contributed by atoms with van der Waals surface area (Å²) in [7, 11) is 0. The van der Waals surface area contributed by atoms with Crippen LogP contribution in [0.3, 0.4) is 0 Å². The monoisotopic (exact) mass is 439 g/mol. The maximum absolute atomic E-state index is 11.7. The predicted octanol–water partition coefficient (Wildman–Crippen LogP) is 3.41. The van der Waals surface area contributed by atoms with Gasteiger partial charge < -0.3 is 14.5 Å². The third-order valence-electron chi connectivity index (χ3n) is 4.17. The molecule has 0 saturated carbocycles.